The Labute approximate surface area is 121 Å². The van der Waals surface area contributed by atoms with Gasteiger partial charge in [0.25, 0.3) is 10.2 Å². The quantitative estimate of drug-likeness (QED) is 0.572. The highest BCUT2D eigenvalue weighted by Gasteiger charge is 2.18. The molecular weight excluding hydrogens is 294 g/mol. The number of hydrogen-bond acceptors (Lipinski definition) is 5. The molecule has 0 aromatic carbocycles. The monoisotopic (exact) mass is 317 g/mol. The van der Waals surface area contributed by atoms with Gasteiger partial charge in [0.1, 0.15) is 0 Å². The van der Waals surface area contributed by atoms with Crippen LogP contribution in [0, 0.1) is 0 Å². The van der Waals surface area contributed by atoms with E-state index in [4.69, 9.17) is 0 Å². The molecule has 0 aliphatic rings. The second-order valence-corrected chi connectivity index (χ2v) is 5.82. The molecule has 0 aliphatic carbocycles. The molecule has 1 atom stereocenters. The summed E-state index contributed by atoms with van der Waals surface area (Å²) in [6.07, 6.45) is 0.0384. The summed E-state index contributed by atoms with van der Waals surface area (Å²) in [5.74, 6) is -0.432. The maximum atomic E-state index is 11.8. The van der Waals surface area contributed by atoms with E-state index in [1.165, 1.54) is 14.2 Å². The van der Waals surface area contributed by atoms with Crippen molar-refractivity contribution < 1.29 is 17.9 Å². The molecule has 9 heteroatoms. The lowest BCUT2D eigenvalue weighted by molar-refractivity contribution is -0.140. The predicted molar refractivity (Wildman–Crippen MR) is 76.6 cm³/mol. The van der Waals surface area contributed by atoms with E-state index in [1.807, 2.05) is 13.8 Å². The van der Waals surface area contributed by atoms with Crippen LogP contribution < -0.4 is 10.0 Å². The van der Waals surface area contributed by atoms with Crippen molar-refractivity contribution in [2.45, 2.75) is 26.3 Å². The Bertz CT molecular complexity index is 351. The lowest BCUT2D eigenvalue weighted by atomic mass is 10.3. The van der Waals surface area contributed by atoms with Crippen LogP contribution in [0.3, 0.4) is 0 Å². The average molecular weight is 318 g/mol. The number of carbonyl (C=O) groups is 1. The van der Waals surface area contributed by atoms with E-state index in [0.717, 1.165) is 10.8 Å². The Morgan fingerprint density at radius 2 is 2.00 bits per heavy atom. The molecule has 0 amide bonds. The number of esters is 1. The highest BCUT2D eigenvalue weighted by molar-refractivity contribution is 7.87. The molecule has 0 fully saturated rings. The smallest absolute Gasteiger partial charge is 0.306 e. The third kappa shape index (κ3) is 9.17. The molecule has 0 rings (SSSR count). The summed E-state index contributed by atoms with van der Waals surface area (Å²) < 4.78 is 31.6. The number of ether oxygens (including phenoxy) is 1. The summed E-state index contributed by atoms with van der Waals surface area (Å²) in [6, 6.07) is 0.0544. The number of halogens is 1. The van der Waals surface area contributed by atoms with Crippen LogP contribution in [0.2, 0.25) is 0 Å². The second-order valence-electron chi connectivity index (χ2n) is 3.96. The van der Waals surface area contributed by atoms with Crippen molar-refractivity contribution in [2.75, 3.05) is 33.8 Å². The van der Waals surface area contributed by atoms with Gasteiger partial charge in [-0.1, -0.05) is 6.92 Å². The summed E-state index contributed by atoms with van der Waals surface area (Å²) in [5.41, 5.74) is 0. The van der Waals surface area contributed by atoms with Crippen molar-refractivity contribution in [3.63, 3.8) is 0 Å². The summed E-state index contributed by atoms with van der Waals surface area (Å²) in [6.45, 7) is 5.02. The number of nitrogens with zero attached hydrogens (tertiary/aromatic N) is 1. The van der Waals surface area contributed by atoms with Gasteiger partial charge in [-0.2, -0.15) is 12.7 Å². The van der Waals surface area contributed by atoms with Crippen molar-refractivity contribution >= 4 is 28.6 Å². The summed E-state index contributed by atoms with van der Waals surface area (Å²) >= 11 is 0. The minimum absolute atomic E-state index is 0. The standard InChI is InChI=1S/C10H23N3O4S.ClH/c1-5-11-9(2)8-12-18(15,16)13(3)7-6-10(14)17-4;/h9,11-12H,5-8H2,1-4H3;1H/t9-;/m1./s1. The maximum absolute atomic E-state index is 11.8. The van der Waals surface area contributed by atoms with Gasteiger partial charge in [-0.3, -0.25) is 4.79 Å². The number of nitrogens with one attached hydrogen (secondary N) is 2. The minimum atomic E-state index is -3.54. The molecule has 0 saturated heterocycles. The van der Waals surface area contributed by atoms with Crippen molar-refractivity contribution in [1.82, 2.24) is 14.3 Å². The van der Waals surface area contributed by atoms with Crippen LogP contribution in [0.15, 0.2) is 0 Å². The lowest BCUT2D eigenvalue weighted by Crippen LogP contribution is -2.44. The Morgan fingerprint density at radius 3 is 2.47 bits per heavy atom. The van der Waals surface area contributed by atoms with Gasteiger partial charge >= 0.3 is 5.97 Å². The summed E-state index contributed by atoms with van der Waals surface area (Å²) in [5, 5.41) is 3.10. The van der Waals surface area contributed by atoms with Gasteiger partial charge in [0.15, 0.2) is 0 Å². The van der Waals surface area contributed by atoms with E-state index in [2.05, 4.69) is 14.8 Å². The molecule has 2 N–H and O–H groups in total. The average Bonchev–Trinajstić information content (AvgIpc) is 2.33. The van der Waals surface area contributed by atoms with Gasteiger partial charge in [0, 0.05) is 26.2 Å². The molecule has 0 radical (unpaired) electrons. The Hall–Kier alpha value is -0.410. The van der Waals surface area contributed by atoms with Crippen LogP contribution in [0.1, 0.15) is 20.3 Å². The van der Waals surface area contributed by atoms with Crippen LogP contribution >= 0.6 is 12.4 Å². The first-order valence-electron chi connectivity index (χ1n) is 5.84. The van der Waals surface area contributed by atoms with Gasteiger partial charge in [0.05, 0.1) is 13.5 Å². The highest BCUT2D eigenvalue weighted by Crippen LogP contribution is 1.97. The van der Waals surface area contributed by atoms with Gasteiger partial charge in [0.2, 0.25) is 0 Å². The molecule has 0 bridgehead atoms. The zero-order chi connectivity index (χ0) is 14.2. The van der Waals surface area contributed by atoms with Crippen molar-refractivity contribution in [1.29, 1.82) is 0 Å². The first-order valence-corrected chi connectivity index (χ1v) is 7.28. The molecule has 0 aromatic heterocycles. The van der Waals surface area contributed by atoms with E-state index < -0.39 is 16.2 Å². The molecule has 0 unspecified atom stereocenters. The van der Waals surface area contributed by atoms with Gasteiger partial charge < -0.3 is 10.1 Å². The number of carbonyl (C=O) groups excluding carboxylic acids is 1. The van der Waals surface area contributed by atoms with E-state index in [9.17, 15) is 13.2 Å². The van der Waals surface area contributed by atoms with Crippen LogP contribution in [0.25, 0.3) is 0 Å². The van der Waals surface area contributed by atoms with Crippen LogP contribution in [0.5, 0.6) is 0 Å². The number of likely N-dealkylation sites (N-methyl/N-ethyl adjacent to an activating group) is 1. The fraction of sp³-hybridized carbons (Fsp3) is 0.900. The molecule has 19 heavy (non-hydrogen) atoms. The third-order valence-electron chi connectivity index (χ3n) is 2.39. The van der Waals surface area contributed by atoms with Crippen LogP contribution in [-0.4, -0.2) is 58.5 Å². The van der Waals surface area contributed by atoms with Crippen LogP contribution in [-0.2, 0) is 19.7 Å². The zero-order valence-electron chi connectivity index (χ0n) is 11.8. The van der Waals surface area contributed by atoms with Crippen molar-refractivity contribution in [2.24, 2.45) is 0 Å². The molecule has 0 aromatic rings. The first kappa shape index (κ1) is 20.9. The molecular formula is C10H24ClN3O4S. The molecule has 0 aliphatic heterocycles. The fourth-order valence-corrected chi connectivity index (χ4v) is 2.24. The van der Waals surface area contributed by atoms with Crippen molar-refractivity contribution in [3.05, 3.63) is 0 Å². The molecule has 116 valence electrons. The van der Waals surface area contributed by atoms with Gasteiger partial charge in [-0.05, 0) is 13.5 Å². The molecule has 0 spiro atoms. The highest BCUT2D eigenvalue weighted by atomic mass is 35.5. The third-order valence-corrected chi connectivity index (χ3v) is 3.93. The number of methoxy groups -OCH3 is 1. The molecule has 7 nitrogen and oxygen atoms in total. The summed E-state index contributed by atoms with van der Waals surface area (Å²) in [4.78, 5) is 10.9. The maximum Gasteiger partial charge on any atom is 0.306 e. The zero-order valence-corrected chi connectivity index (χ0v) is 13.4. The molecule has 0 heterocycles. The number of rotatable bonds is 9. The summed E-state index contributed by atoms with van der Waals surface area (Å²) in [7, 11) is -0.851. The fourth-order valence-electron chi connectivity index (χ4n) is 1.23. The van der Waals surface area contributed by atoms with E-state index in [0.29, 0.717) is 6.54 Å². The normalized spacial score (nSPS) is 12.9. The topological polar surface area (TPSA) is 87.7 Å². The Morgan fingerprint density at radius 1 is 1.42 bits per heavy atom. The first-order chi connectivity index (χ1) is 8.33. The SMILES string of the molecule is CCN[C@H](C)CNS(=O)(=O)N(C)CCC(=O)OC.Cl. The second kappa shape index (κ2) is 10.4. The van der Waals surface area contributed by atoms with Crippen molar-refractivity contribution in [3.8, 4) is 0 Å². The van der Waals surface area contributed by atoms with E-state index >= 15 is 0 Å². The predicted octanol–water partition coefficient (Wildman–Crippen LogP) is -0.264. The van der Waals surface area contributed by atoms with E-state index in [-0.39, 0.29) is 31.4 Å². The van der Waals surface area contributed by atoms with Gasteiger partial charge in [-0.15, -0.1) is 12.4 Å². The van der Waals surface area contributed by atoms with E-state index in [1.54, 1.807) is 0 Å². The van der Waals surface area contributed by atoms with Gasteiger partial charge in [-0.25, -0.2) is 4.72 Å². The lowest BCUT2D eigenvalue weighted by Gasteiger charge is -2.19. The Balaban J connectivity index is 0. The minimum Gasteiger partial charge on any atom is -0.469 e. The van der Waals surface area contributed by atoms with Crippen LogP contribution in [0.4, 0.5) is 0 Å². The Kier molecular flexibility index (Phi) is 11.4. The number of hydrogen-bond donors (Lipinski definition) is 2. The largest absolute Gasteiger partial charge is 0.469 e. The molecule has 0 saturated carbocycles.